The molecule has 0 bridgehead atoms. The van der Waals surface area contributed by atoms with E-state index in [1.807, 2.05) is 13.0 Å². The van der Waals surface area contributed by atoms with Gasteiger partial charge >= 0.3 is 0 Å². The number of hydrogen-bond donors (Lipinski definition) is 1. The van der Waals surface area contributed by atoms with E-state index in [1.165, 1.54) is 38.5 Å². The Bertz CT molecular complexity index is 341. The van der Waals surface area contributed by atoms with Crippen molar-refractivity contribution in [3.8, 4) is 0 Å². The van der Waals surface area contributed by atoms with Crippen LogP contribution in [0, 0.1) is 6.92 Å². The highest BCUT2D eigenvalue weighted by Crippen LogP contribution is 2.29. The average Bonchev–Trinajstić information content (AvgIpc) is 2.56. The predicted octanol–water partition coefficient (Wildman–Crippen LogP) is 2.68. The molecular formula is C13H21N3. The summed E-state index contributed by atoms with van der Waals surface area (Å²) in [6.45, 7) is 2.55. The number of hydrogen-bond acceptors (Lipinski definition) is 3. The van der Waals surface area contributed by atoms with Gasteiger partial charge in [-0.2, -0.15) is 0 Å². The normalized spacial score (nSPS) is 18.4. The quantitative estimate of drug-likeness (QED) is 0.778. The van der Waals surface area contributed by atoms with Gasteiger partial charge in [-0.15, -0.1) is 0 Å². The van der Waals surface area contributed by atoms with Crippen LogP contribution in [-0.4, -0.2) is 9.97 Å². The number of aryl methyl sites for hydroxylation is 1. The summed E-state index contributed by atoms with van der Waals surface area (Å²) in [5, 5.41) is 0. The highest BCUT2D eigenvalue weighted by molar-refractivity contribution is 5.12. The highest BCUT2D eigenvalue weighted by Gasteiger charge is 2.17. The molecule has 0 aromatic carbocycles. The maximum atomic E-state index is 5.66. The lowest BCUT2D eigenvalue weighted by atomic mass is 9.99. The molecule has 0 aliphatic heterocycles. The van der Waals surface area contributed by atoms with Gasteiger partial charge in [0.2, 0.25) is 0 Å². The van der Waals surface area contributed by atoms with Crippen LogP contribution in [0.5, 0.6) is 0 Å². The van der Waals surface area contributed by atoms with E-state index in [4.69, 9.17) is 5.73 Å². The molecule has 3 heteroatoms. The first-order chi connectivity index (χ1) is 7.79. The number of nitrogens with two attached hydrogens (primary N) is 1. The first kappa shape index (κ1) is 11.5. The number of nitrogens with zero attached hydrogens (tertiary/aromatic N) is 2. The Morgan fingerprint density at radius 2 is 1.88 bits per heavy atom. The van der Waals surface area contributed by atoms with Crippen molar-refractivity contribution < 1.29 is 0 Å². The second-order valence-corrected chi connectivity index (χ2v) is 4.75. The molecule has 0 amide bonds. The molecule has 1 aliphatic carbocycles. The Labute approximate surface area is 97.5 Å². The fourth-order valence-electron chi connectivity index (χ4n) is 2.48. The van der Waals surface area contributed by atoms with Crippen LogP contribution in [0.4, 0.5) is 0 Å². The van der Waals surface area contributed by atoms with Crippen LogP contribution in [0.1, 0.15) is 61.7 Å². The Morgan fingerprint density at radius 3 is 2.50 bits per heavy atom. The third-order valence-corrected chi connectivity index (χ3v) is 3.35. The van der Waals surface area contributed by atoms with Crippen molar-refractivity contribution >= 4 is 0 Å². The first-order valence-electron chi connectivity index (χ1n) is 6.34. The summed E-state index contributed by atoms with van der Waals surface area (Å²) in [6.07, 6.45) is 7.86. The monoisotopic (exact) mass is 219 g/mol. The summed E-state index contributed by atoms with van der Waals surface area (Å²) in [5.41, 5.74) is 7.69. The van der Waals surface area contributed by atoms with E-state index in [0.29, 0.717) is 12.5 Å². The fourth-order valence-corrected chi connectivity index (χ4v) is 2.48. The third-order valence-electron chi connectivity index (χ3n) is 3.35. The minimum Gasteiger partial charge on any atom is -0.325 e. The second kappa shape index (κ2) is 5.39. The molecule has 2 N–H and O–H groups in total. The Kier molecular flexibility index (Phi) is 3.88. The van der Waals surface area contributed by atoms with Gasteiger partial charge in [-0.05, 0) is 25.8 Å². The average molecular weight is 219 g/mol. The zero-order valence-electron chi connectivity index (χ0n) is 10.1. The first-order valence-corrected chi connectivity index (χ1v) is 6.34. The van der Waals surface area contributed by atoms with E-state index in [9.17, 15) is 0 Å². The molecule has 1 heterocycles. The lowest BCUT2D eigenvalue weighted by Gasteiger charge is -2.13. The predicted molar refractivity (Wildman–Crippen MR) is 65.1 cm³/mol. The largest absolute Gasteiger partial charge is 0.325 e. The molecule has 0 spiro atoms. The summed E-state index contributed by atoms with van der Waals surface area (Å²) in [5.74, 6) is 1.59. The van der Waals surface area contributed by atoms with Crippen molar-refractivity contribution in [3.05, 3.63) is 23.3 Å². The van der Waals surface area contributed by atoms with Crippen molar-refractivity contribution in [2.24, 2.45) is 5.73 Å². The van der Waals surface area contributed by atoms with Gasteiger partial charge in [0.15, 0.2) is 0 Å². The molecule has 0 radical (unpaired) electrons. The van der Waals surface area contributed by atoms with Crippen LogP contribution >= 0.6 is 0 Å². The van der Waals surface area contributed by atoms with E-state index in [0.717, 1.165) is 17.2 Å². The van der Waals surface area contributed by atoms with Gasteiger partial charge in [-0.3, -0.25) is 0 Å². The zero-order valence-corrected chi connectivity index (χ0v) is 10.1. The summed E-state index contributed by atoms with van der Waals surface area (Å²) in [7, 11) is 0. The van der Waals surface area contributed by atoms with E-state index < -0.39 is 0 Å². The van der Waals surface area contributed by atoms with Crippen molar-refractivity contribution in [1.82, 2.24) is 9.97 Å². The van der Waals surface area contributed by atoms with Gasteiger partial charge < -0.3 is 5.73 Å². The smallest absolute Gasteiger partial charge is 0.131 e. The van der Waals surface area contributed by atoms with Gasteiger partial charge in [0.1, 0.15) is 5.82 Å². The molecular weight excluding hydrogens is 198 g/mol. The van der Waals surface area contributed by atoms with E-state index >= 15 is 0 Å². The molecule has 16 heavy (non-hydrogen) atoms. The van der Waals surface area contributed by atoms with Gasteiger partial charge in [0, 0.05) is 18.2 Å². The lowest BCUT2D eigenvalue weighted by Crippen LogP contribution is -2.09. The van der Waals surface area contributed by atoms with Crippen LogP contribution in [0.2, 0.25) is 0 Å². The highest BCUT2D eigenvalue weighted by atomic mass is 14.9. The molecule has 0 saturated heterocycles. The molecule has 1 aromatic heterocycles. The lowest BCUT2D eigenvalue weighted by molar-refractivity contribution is 0.555. The molecule has 1 aliphatic rings. The van der Waals surface area contributed by atoms with Crippen molar-refractivity contribution in [1.29, 1.82) is 0 Å². The minimum atomic E-state index is 0.517. The molecule has 1 aromatic rings. The third kappa shape index (κ3) is 2.79. The molecule has 1 fully saturated rings. The van der Waals surface area contributed by atoms with Crippen LogP contribution in [0.3, 0.4) is 0 Å². The van der Waals surface area contributed by atoms with Gasteiger partial charge in [-0.1, -0.05) is 25.7 Å². The Morgan fingerprint density at radius 1 is 1.19 bits per heavy atom. The SMILES string of the molecule is Cc1cc(CN)nc(C2CCCCCC2)n1. The van der Waals surface area contributed by atoms with E-state index in [2.05, 4.69) is 9.97 Å². The van der Waals surface area contributed by atoms with Crippen LogP contribution in [0.15, 0.2) is 6.07 Å². The minimum absolute atomic E-state index is 0.517. The fraction of sp³-hybridized carbons (Fsp3) is 0.692. The molecule has 1 saturated carbocycles. The maximum Gasteiger partial charge on any atom is 0.131 e. The van der Waals surface area contributed by atoms with Gasteiger partial charge in [0.05, 0.1) is 5.69 Å². The molecule has 2 rings (SSSR count). The second-order valence-electron chi connectivity index (χ2n) is 4.75. The maximum absolute atomic E-state index is 5.66. The van der Waals surface area contributed by atoms with Crippen LogP contribution in [-0.2, 0) is 6.54 Å². The van der Waals surface area contributed by atoms with Gasteiger partial charge in [-0.25, -0.2) is 9.97 Å². The molecule has 3 nitrogen and oxygen atoms in total. The molecule has 0 atom stereocenters. The van der Waals surface area contributed by atoms with Crippen molar-refractivity contribution in [3.63, 3.8) is 0 Å². The van der Waals surface area contributed by atoms with E-state index in [1.54, 1.807) is 0 Å². The van der Waals surface area contributed by atoms with Crippen molar-refractivity contribution in [2.75, 3.05) is 0 Å². The Balaban J connectivity index is 2.20. The number of aromatic nitrogens is 2. The Hall–Kier alpha value is -0.960. The molecule has 0 unspecified atom stereocenters. The summed E-state index contributed by atoms with van der Waals surface area (Å²) in [4.78, 5) is 9.16. The summed E-state index contributed by atoms with van der Waals surface area (Å²) >= 11 is 0. The summed E-state index contributed by atoms with van der Waals surface area (Å²) in [6, 6.07) is 1.99. The standard InChI is InChI=1S/C13H21N3/c1-10-8-12(9-14)16-13(15-10)11-6-4-2-3-5-7-11/h8,11H,2-7,9,14H2,1H3. The van der Waals surface area contributed by atoms with Gasteiger partial charge in [0.25, 0.3) is 0 Å². The van der Waals surface area contributed by atoms with Crippen molar-refractivity contribution in [2.45, 2.75) is 57.9 Å². The number of rotatable bonds is 2. The molecule has 88 valence electrons. The van der Waals surface area contributed by atoms with Crippen LogP contribution < -0.4 is 5.73 Å². The van der Waals surface area contributed by atoms with Crippen LogP contribution in [0.25, 0.3) is 0 Å². The zero-order chi connectivity index (χ0) is 11.4. The topological polar surface area (TPSA) is 51.8 Å². The van der Waals surface area contributed by atoms with E-state index in [-0.39, 0.29) is 0 Å². The summed E-state index contributed by atoms with van der Waals surface area (Å²) < 4.78 is 0.